The molecule has 1 aliphatic carbocycles. The van der Waals surface area contributed by atoms with Gasteiger partial charge in [-0.15, -0.1) is 0 Å². The molecule has 0 N–H and O–H groups in total. The van der Waals surface area contributed by atoms with Gasteiger partial charge in [-0.3, -0.25) is 4.79 Å². The van der Waals surface area contributed by atoms with E-state index in [-0.39, 0.29) is 35.7 Å². The van der Waals surface area contributed by atoms with Gasteiger partial charge >= 0.3 is 17.6 Å². The predicted octanol–water partition coefficient (Wildman–Crippen LogP) is 11.0. The number of aryl methyl sites for hydroxylation is 1. The first-order valence-corrected chi connectivity index (χ1v) is 20.6. The average molecular weight is 777 g/mol. The fourth-order valence-corrected chi connectivity index (χ4v) is 9.04. The minimum atomic E-state index is -1.11. The van der Waals surface area contributed by atoms with E-state index in [0.717, 1.165) is 29.5 Å². The van der Waals surface area contributed by atoms with E-state index in [9.17, 15) is 14.4 Å². The number of fused-ring (bicyclic) bond motifs is 11. The average Bonchev–Trinajstić information content (AvgIpc) is 3.19. The summed E-state index contributed by atoms with van der Waals surface area (Å²) < 4.78 is 25.6. The summed E-state index contributed by atoms with van der Waals surface area (Å²) in [6.07, 6.45) is 5.22. The van der Waals surface area contributed by atoms with E-state index in [1.54, 1.807) is 0 Å². The second kappa shape index (κ2) is 15.9. The molecule has 3 aliphatic heterocycles. The molecule has 4 aromatic carbocycles. The molecule has 0 saturated heterocycles. The Morgan fingerprint density at radius 1 is 0.793 bits per heavy atom. The Kier molecular flexibility index (Phi) is 10.7. The molecule has 4 heterocycles. The van der Waals surface area contributed by atoms with Crippen molar-refractivity contribution in [3.8, 4) is 5.75 Å². The number of esters is 2. The number of allylic oxidation sites excluding steroid dienone is 3. The lowest BCUT2D eigenvalue weighted by molar-refractivity contribution is -0.188. The summed E-state index contributed by atoms with van der Waals surface area (Å²) in [5.41, 5.74) is 6.96. The highest BCUT2D eigenvalue weighted by Gasteiger charge is 2.51. The molecule has 58 heavy (non-hydrogen) atoms. The van der Waals surface area contributed by atoms with Crippen molar-refractivity contribution in [2.75, 3.05) is 0 Å². The highest BCUT2D eigenvalue weighted by atomic mass is 16.6. The van der Waals surface area contributed by atoms with Crippen LogP contribution in [-0.2, 0) is 31.9 Å². The molecule has 298 valence electrons. The van der Waals surface area contributed by atoms with Crippen molar-refractivity contribution in [3.63, 3.8) is 0 Å². The Morgan fingerprint density at radius 2 is 1.55 bits per heavy atom. The number of rotatable bonds is 4. The maximum absolute atomic E-state index is 14.6. The molecule has 5 aromatic rings. The summed E-state index contributed by atoms with van der Waals surface area (Å²) in [6.45, 7) is 11.4. The lowest BCUT2D eigenvalue weighted by atomic mass is 9.72. The molecule has 5 atom stereocenters. The van der Waals surface area contributed by atoms with Crippen LogP contribution in [0.4, 0.5) is 0 Å². The Morgan fingerprint density at radius 3 is 2.29 bits per heavy atom. The van der Waals surface area contributed by atoms with Gasteiger partial charge in [-0.2, -0.15) is 0 Å². The summed E-state index contributed by atoms with van der Waals surface area (Å²) in [4.78, 5) is 42.2. The number of benzene rings is 4. The van der Waals surface area contributed by atoms with E-state index in [1.807, 2.05) is 65.8 Å². The maximum Gasteiger partial charge on any atom is 0.339 e. The second-order valence-corrected chi connectivity index (χ2v) is 17.3. The quantitative estimate of drug-likeness (QED) is 0.0776. The minimum Gasteiger partial charge on any atom is -0.483 e. The highest BCUT2D eigenvalue weighted by molar-refractivity contribution is 5.90. The lowest BCUT2D eigenvalue weighted by Crippen LogP contribution is -2.52. The van der Waals surface area contributed by atoms with Gasteiger partial charge in [0.15, 0.2) is 12.2 Å². The van der Waals surface area contributed by atoms with Gasteiger partial charge in [-0.25, -0.2) is 9.59 Å². The molecule has 0 fully saturated rings. The van der Waals surface area contributed by atoms with Gasteiger partial charge in [-0.05, 0) is 111 Å². The summed E-state index contributed by atoms with van der Waals surface area (Å²) >= 11 is 0. The summed E-state index contributed by atoms with van der Waals surface area (Å²) in [5.74, 6) is -0.590. The zero-order valence-electron chi connectivity index (χ0n) is 34.2. The van der Waals surface area contributed by atoms with Crippen LogP contribution in [0, 0.1) is 5.92 Å². The first-order chi connectivity index (χ1) is 27.8. The van der Waals surface area contributed by atoms with Crippen LogP contribution in [-0.4, -0.2) is 23.6 Å². The summed E-state index contributed by atoms with van der Waals surface area (Å²) in [7, 11) is 0. The van der Waals surface area contributed by atoms with Crippen molar-refractivity contribution in [2.45, 2.75) is 109 Å². The zero-order valence-corrected chi connectivity index (χ0v) is 34.2. The van der Waals surface area contributed by atoms with Crippen molar-refractivity contribution >= 4 is 22.9 Å². The van der Waals surface area contributed by atoms with Gasteiger partial charge in [0.25, 0.3) is 0 Å². The Balaban J connectivity index is 1.20. The molecule has 0 amide bonds. The predicted molar refractivity (Wildman–Crippen MR) is 226 cm³/mol. The van der Waals surface area contributed by atoms with Gasteiger partial charge in [0.1, 0.15) is 16.9 Å². The highest BCUT2D eigenvalue weighted by Crippen LogP contribution is 2.48. The van der Waals surface area contributed by atoms with Crippen molar-refractivity contribution in [3.05, 3.63) is 170 Å². The molecule has 1 aromatic heterocycles. The van der Waals surface area contributed by atoms with Crippen molar-refractivity contribution in [1.29, 1.82) is 0 Å². The molecule has 2 bridgehead atoms. The number of carbonyl (C=O) groups excluding carboxylic acids is 2. The number of hydrogen-bond acceptors (Lipinski definition) is 7. The fourth-order valence-electron chi connectivity index (χ4n) is 9.04. The first-order valence-electron chi connectivity index (χ1n) is 20.6. The van der Waals surface area contributed by atoms with E-state index in [0.29, 0.717) is 40.7 Å². The van der Waals surface area contributed by atoms with E-state index >= 15 is 0 Å². The van der Waals surface area contributed by atoms with Crippen LogP contribution in [0.2, 0.25) is 0 Å². The van der Waals surface area contributed by atoms with Gasteiger partial charge in [0.2, 0.25) is 0 Å². The largest absolute Gasteiger partial charge is 0.483 e. The first kappa shape index (κ1) is 39.2. The van der Waals surface area contributed by atoms with Crippen molar-refractivity contribution in [2.24, 2.45) is 5.92 Å². The third kappa shape index (κ3) is 7.92. The van der Waals surface area contributed by atoms with Crippen LogP contribution in [0.1, 0.15) is 124 Å². The Bertz CT molecular complexity index is 2460. The molecule has 0 radical (unpaired) electrons. The van der Waals surface area contributed by atoms with Crippen LogP contribution in [0.15, 0.2) is 130 Å². The topological polar surface area (TPSA) is 92.0 Å². The fraction of sp³-hybridized carbons (Fsp3) is 0.353. The van der Waals surface area contributed by atoms with Crippen LogP contribution >= 0.6 is 0 Å². The smallest absolute Gasteiger partial charge is 0.339 e. The molecule has 7 heteroatoms. The standard InChI is InChI=1S/C51H52O7/c1-30(2)40-22-17-32-15-18-35(19-16-32)41-23-20-37(36-14-10-13-34(26-36)25-33-11-8-7-9-12-33)27-39(41)29-44(52)55-47-45-43(58-51(5,6)48(47)57-49(40)53)24-21-38-28-42(31(3)4)50(54)56-46(38)45/h7-16,18-21,23-24,26,28,31,37,39,41,47-48H,17,22,25,27,29H2,1-6H3. The van der Waals surface area contributed by atoms with Gasteiger partial charge in [0.05, 0.1) is 5.56 Å². The van der Waals surface area contributed by atoms with E-state index in [1.165, 1.54) is 16.7 Å². The molecule has 0 saturated carbocycles. The van der Waals surface area contributed by atoms with E-state index in [2.05, 4.69) is 84.9 Å². The molecule has 5 unspecified atom stereocenters. The molecule has 4 aliphatic rings. The van der Waals surface area contributed by atoms with Crippen LogP contribution in [0.25, 0.3) is 11.0 Å². The molecular formula is C51H52O7. The van der Waals surface area contributed by atoms with Crippen LogP contribution in [0.3, 0.4) is 0 Å². The monoisotopic (exact) mass is 776 g/mol. The number of ether oxygens (including phenoxy) is 3. The van der Waals surface area contributed by atoms with E-state index in [4.69, 9.17) is 18.6 Å². The third-order valence-corrected chi connectivity index (χ3v) is 12.2. The normalized spacial score (nSPS) is 23.0. The van der Waals surface area contributed by atoms with Gasteiger partial charge < -0.3 is 18.6 Å². The molecular weight excluding hydrogens is 725 g/mol. The maximum atomic E-state index is 14.6. The summed E-state index contributed by atoms with van der Waals surface area (Å²) in [5, 5.41) is 0.668. The van der Waals surface area contributed by atoms with Crippen LogP contribution < -0.4 is 10.4 Å². The third-order valence-electron chi connectivity index (χ3n) is 12.2. The lowest BCUT2D eigenvalue weighted by Gasteiger charge is -2.43. The minimum absolute atomic E-state index is 0.0213. The van der Waals surface area contributed by atoms with Crippen molar-refractivity contribution in [1.82, 2.24) is 0 Å². The van der Waals surface area contributed by atoms with Gasteiger partial charge in [-0.1, -0.05) is 110 Å². The zero-order chi connectivity index (χ0) is 40.7. The van der Waals surface area contributed by atoms with Gasteiger partial charge in [0, 0.05) is 34.8 Å². The molecule has 0 spiro atoms. The number of hydrogen-bond donors (Lipinski definition) is 0. The molecule has 7 nitrogen and oxygen atoms in total. The Labute approximate surface area is 340 Å². The van der Waals surface area contributed by atoms with Crippen LogP contribution in [0.5, 0.6) is 5.75 Å². The van der Waals surface area contributed by atoms with E-state index < -0.39 is 35.4 Å². The Hall–Kier alpha value is -5.69. The summed E-state index contributed by atoms with van der Waals surface area (Å²) in [6, 6.07) is 33.3. The SMILES string of the molecule is CC(C)=C1CCc2ccc(cc2)C2C=CC(c3cccc(Cc4ccccc4)c3)CC2CC(=O)OC2c3c(ccc4cc(C(C)C)c(=O)oc34)OC(C)(C)C2OC1=O. The van der Waals surface area contributed by atoms with Crippen molar-refractivity contribution < 1.29 is 28.2 Å². The molecule has 9 rings (SSSR count). The number of carbonyl (C=O) groups is 2. The second-order valence-electron chi connectivity index (χ2n) is 17.3.